The second-order valence-electron chi connectivity index (χ2n) is 7.01. The summed E-state index contributed by atoms with van der Waals surface area (Å²) in [5, 5.41) is 8.70. The Labute approximate surface area is 184 Å². The molecule has 2 N–H and O–H groups in total. The third kappa shape index (κ3) is 3.68. The molecule has 0 spiro atoms. The van der Waals surface area contributed by atoms with Crippen molar-refractivity contribution in [1.82, 2.24) is 29.9 Å². The van der Waals surface area contributed by atoms with Crippen LogP contribution in [0, 0.1) is 5.82 Å². The van der Waals surface area contributed by atoms with Gasteiger partial charge in [-0.3, -0.25) is 4.79 Å². The van der Waals surface area contributed by atoms with Crippen molar-refractivity contribution in [2.75, 3.05) is 43.0 Å². The van der Waals surface area contributed by atoms with Crippen LogP contribution >= 0.6 is 22.9 Å². The molecule has 5 rings (SSSR count). The topological polar surface area (TPSA) is 101 Å². The van der Waals surface area contributed by atoms with E-state index in [4.69, 9.17) is 11.6 Å². The summed E-state index contributed by atoms with van der Waals surface area (Å²) in [6, 6.07) is 2.62. The minimum Gasteiger partial charge on any atom is -0.368 e. The summed E-state index contributed by atoms with van der Waals surface area (Å²) in [4.78, 5) is 31.4. The highest BCUT2D eigenvalue weighted by Crippen LogP contribution is 2.23. The van der Waals surface area contributed by atoms with Crippen molar-refractivity contribution in [3.8, 4) is 0 Å². The van der Waals surface area contributed by atoms with Crippen LogP contribution in [0.15, 0.2) is 28.8 Å². The minimum atomic E-state index is -0.571. The van der Waals surface area contributed by atoms with Crippen molar-refractivity contribution in [1.29, 1.82) is 0 Å². The fourth-order valence-corrected chi connectivity index (χ4v) is 4.54. The highest BCUT2D eigenvalue weighted by molar-refractivity contribution is 7.16. The lowest BCUT2D eigenvalue weighted by Gasteiger charge is -2.32. The standard InChI is InChI=1S/C19H18ClFN8OS/c20-11-1-2-12(21)15-14(11)19(30)29(28-7-5-22-6-8-28)13(27-15)3-4-23-17-16-18(25-9-24-17)31-10-26-16/h1-2,9-10,22H,3-8H2,(H,23,24,25). The fourth-order valence-electron chi connectivity index (χ4n) is 3.68. The third-order valence-electron chi connectivity index (χ3n) is 5.12. The van der Waals surface area contributed by atoms with Crippen molar-refractivity contribution in [3.05, 3.63) is 51.0 Å². The molecule has 9 nitrogen and oxygen atoms in total. The van der Waals surface area contributed by atoms with Crippen LogP contribution in [0.1, 0.15) is 5.82 Å². The number of nitrogens with zero attached hydrogens (tertiary/aromatic N) is 6. The summed E-state index contributed by atoms with van der Waals surface area (Å²) in [6.07, 6.45) is 1.85. The smallest absolute Gasteiger partial charge is 0.281 e. The summed E-state index contributed by atoms with van der Waals surface area (Å²) in [6.45, 7) is 3.16. The average Bonchev–Trinajstić information content (AvgIpc) is 3.27. The van der Waals surface area contributed by atoms with Gasteiger partial charge in [0.1, 0.15) is 33.8 Å². The summed E-state index contributed by atoms with van der Waals surface area (Å²) >= 11 is 7.68. The van der Waals surface area contributed by atoms with Gasteiger partial charge in [-0.1, -0.05) is 11.6 Å². The van der Waals surface area contributed by atoms with Gasteiger partial charge in [-0.15, -0.1) is 11.3 Å². The molecular formula is C19H18ClFN8OS. The number of piperazine rings is 1. The maximum atomic E-state index is 14.5. The number of nitrogens with one attached hydrogen (secondary N) is 2. The molecule has 0 bridgehead atoms. The average molecular weight is 461 g/mol. The molecule has 0 amide bonds. The molecule has 0 radical (unpaired) electrons. The van der Waals surface area contributed by atoms with E-state index in [0.29, 0.717) is 43.2 Å². The highest BCUT2D eigenvalue weighted by Gasteiger charge is 2.21. The van der Waals surface area contributed by atoms with Crippen LogP contribution in [0.4, 0.5) is 10.2 Å². The maximum absolute atomic E-state index is 14.5. The zero-order chi connectivity index (χ0) is 21.4. The Morgan fingerprint density at radius 2 is 2.03 bits per heavy atom. The number of aromatic nitrogens is 5. The normalized spacial score (nSPS) is 14.5. The molecule has 4 heterocycles. The second kappa shape index (κ2) is 8.33. The van der Waals surface area contributed by atoms with E-state index in [2.05, 4.69) is 30.6 Å². The Bertz CT molecular complexity index is 1320. The van der Waals surface area contributed by atoms with Crippen molar-refractivity contribution in [2.24, 2.45) is 0 Å². The zero-order valence-electron chi connectivity index (χ0n) is 16.3. The van der Waals surface area contributed by atoms with Crippen LogP contribution in [0.3, 0.4) is 0 Å². The van der Waals surface area contributed by atoms with Crippen LogP contribution in [-0.2, 0) is 6.42 Å². The maximum Gasteiger partial charge on any atom is 0.281 e. The Morgan fingerprint density at radius 3 is 2.87 bits per heavy atom. The van der Waals surface area contributed by atoms with E-state index in [-0.39, 0.29) is 21.5 Å². The molecule has 4 aromatic rings. The van der Waals surface area contributed by atoms with Crippen LogP contribution in [0.25, 0.3) is 21.3 Å². The van der Waals surface area contributed by atoms with Crippen LogP contribution in [0.5, 0.6) is 0 Å². The molecule has 1 saturated heterocycles. The first-order valence-corrected chi connectivity index (χ1v) is 11.0. The largest absolute Gasteiger partial charge is 0.368 e. The molecule has 1 aliphatic rings. The lowest BCUT2D eigenvalue weighted by Crippen LogP contribution is -2.54. The first-order valence-electron chi connectivity index (χ1n) is 9.77. The van der Waals surface area contributed by atoms with Crippen LogP contribution < -0.4 is 21.2 Å². The first kappa shape index (κ1) is 20.0. The number of benzene rings is 1. The highest BCUT2D eigenvalue weighted by atomic mass is 35.5. The molecule has 160 valence electrons. The Morgan fingerprint density at radius 1 is 1.19 bits per heavy atom. The molecule has 0 unspecified atom stereocenters. The van der Waals surface area contributed by atoms with E-state index in [1.807, 2.05) is 5.01 Å². The number of rotatable bonds is 5. The fraction of sp³-hybridized carbons (Fsp3) is 0.316. The van der Waals surface area contributed by atoms with Gasteiger partial charge in [0, 0.05) is 39.1 Å². The summed E-state index contributed by atoms with van der Waals surface area (Å²) in [7, 11) is 0. The Hall–Kier alpha value is -2.89. The first-order chi connectivity index (χ1) is 15.1. The van der Waals surface area contributed by atoms with E-state index in [0.717, 1.165) is 17.9 Å². The number of halogens is 2. The van der Waals surface area contributed by atoms with E-state index < -0.39 is 5.82 Å². The Balaban J connectivity index is 1.52. The molecule has 0 atom stereocenters. The van der Waals surface area contributed by atoms with Crippen molar-refractivity contribution >= 4 is 50.0 Å². The number of hydrogen-bond donors (Lipinski definition) is 2. The zero-order valence-corrected chi connectivity index (χ0v) is 17.9. The third-order valence-corrected chi connectivity index (χ3v) is 6.17. The molecule has 0 aliphatic carbocycles. The van der Waals surface area contributed by atoms with E-state index in [1.54, 1.807) is 5.51 Å². The van der Waals surface area contributed by atoms with Crippen molar-refractivity contribution in [3.63, 3.8) is 0 Å². The van der Waals surface area contributed by atoms with Gasteiger partial charge < -0.3 is 15.6 Å². The van der Waals surface area contributed by atoms with Gasteiger partial charge in [-0.25, -0.2) is 29.0 Å². The van der Waals surface area contributed by atoms with Gasteiger partial charge in [0.05, 0.1) is 15.9 Å². The van der Waals surface area contributed by atoms with Gasteiger partial charge >= 0.3 is 0 Å². The molecule has 1 aromatic carbocycles. The van der Waals surface area contributed by atoms with Gasteiger partial charge in [-0.05, 0) is 12.1 Å². The molecule has 31 heavy (non-hydrogen) atoms. The quantitative estimate of drug-likeness (QED) is 0.465. The lowest BCUT2D eigenvalue weighted by atomic mass is 10.2. The molecule has 1 fully saturated rings. The van der Waals surface area contributed by atoms with Gasteiger partial charge in [0.2, 0.25) is 0 Å². The SMILES string of the molecule is O=c1c2c(Cl)ccc(F)c2nc(CCNc2ncnc3scnc23)n1N1CCNCC1. The van der Waals surface area contributed by atoms with Gasteiger partial charge in [0.15, 0.2) is 5.82 Å². The van der Waals surface area contributed by atoms with Crippen LogP contribution in [0.2, 0.25) is 5.02 Å². The molecule has 1 aliphatic heterocycles. The molecule has 0 saturated carbocycles. The second-order valence-corrected chi connectivity index (χ2v) is 8.25. The van der Waals surface area contributed by atoms with Gasteiger partial charge in [-0.2, -0.15) is 0 Å². The van der Waals surface area contributed by atoms with E-state index >= 15 is 0 Å². The number of fused-ring (bicyclic) bond motifs is 2. The number of hydrogen-bond acceptors (Lipinski definition) is 9. The molecule has 12 heteroatoms. The van der Waals surface area contributed by atoms with E-state index in [9.17, 15) is 9.18 Å². The van der Waals surface area contributed by atoms with Crippen molar-refractivity contribution in [2.45, 2.75) is 6.42 Å². The number of thiazole rings is 1. The van der Waals surface area contributed by atoms with Crippen LogP contribution in [-0.4, -0.2) is 57.3 Å². The summed E-state index contributed by atoms with van der Waals surface area (Å²) in [5.41, 5.74) is 2.03. The summed E-state index contributed by atoms with van der Waals surface area (Å²) < 4.78 is 16.0. The minimum absolute atomic E-state index is 0.0113. The monoisotopic (exact) mass is 460 g/mol. The van der Waals surface area contributed by atoms with Crippen molar-refractivity contribution < 1.29 is 4.39 Å². The lowest BCUT2D eigenvalue weighted by molar-refractivity contribution is 0.467. The van der Waals surface area contributed by atoms with Gasteiger partial charge in [0.25, 0.3) is 5.56 Å². The molecular weight excluding hydrogens is 443 g/mol. The predicted molar refractivity (Wildman–Crippen MR) is 119 cm³/mol. The molecule has 3 aromatic heterocycles. The predicted octanol–water partition coefficient (Wildman–Crippen LogP) is 1.78. The van der Waals surface area contributed by atoms with E-state index in [1.165, 1.54) is 34.5 Å². The Kier molecular flexibility index (Phi) is 5.38. The number of anilines is 1. The summed E-state index contributed by atoms with van der Waals surface area (Å²) in [5.74, 6) is 0.493.